The number of hydrogen-bond acceptors (Lipinski definition) is 7. The maximum absolute atomic E-state index is 13.2. The zero-order valence-corrected chi connectivity index (χ0v) is 15.1. The van der Waals surface area contributed by atoms with Crippen molar-refractivity contribution >= 4 is 39.8 Å². The summed E-state index contributed by atoms with van der Waals surface area (Å²) in [5, 5.41) is 15.5. The predicted molar refractivity (Wildman–Crippen MR) is 101 cm³/mol. The number of nitrogens with zero attached hydrogens (tertiary/aromatic N) is 3. The molecular weight excluding hydrogens is 378 g/mol. The van der Waals surface area contributed by atoms with Gasteiger partial charge in [0.05, 0.1) is 23.2 Å². The summed E-state index contributed by atoms with van der Waals surface area (Å²) >= 11 is 0. The Morgan fingerprint density at radius 2 is 1.83 bits per heavy atom. The van der Waals surface area contributed by atoms with E-state index in [1.54, 1.807) is 19.1 Å². The van der Waals surface area contributed by atoms with E-state index in [9.17, 15) is 24.5 Å². The second-order valence-electron chi connectivity index (χ2n) is 6.20. The minimum atomic E-state index is -0.930. The molecule has 0 aliphatic heterocycles. The van der Waals surface area contributed by atoms with Crippen LogP contribution in [0.1, 0.15) is 27.6 Å². The van der Waals surface area contributed by atoms with Crippen molar-refractivity contribution in [3.8, 4) is 0 Å². The van der Waals surface area contributed by atoms with E-state index in [-0.39, 0.29) is 29.1 Å². The van der Waals surface area contributed by atoms with Crippen molar-refractivity contribution in [2.24, 2.45) is 0 Å². The number of rotatable bonds is 4. The topological polar surface area (TPSA) is 121 Å². The van der Waals surface area contributed by atoms with Gasteiger partial charge in [-0.25, -0.2) is 9.48 Å². The van der Waals surface area contributed by atoms with Gasteiger partial charge in [-0.2, -0.15) is 5.10 Å². The van der Waals surface area contributed by atoms with Gasteiger partial charge in [0.1, 0.15) is 11.3 Å². The second kappa shape index (κ2) is 6.79. The first-order valence-corrected chi connectivity index (χ1v) is 8.66. The molecule has 0 atom stereocenters. The molecule has 4 rings (SSSR count). The summed E-state index contributed by atoms with van der Waals surface area (Å²) < 4.78 is 6.16. The number of allylic oxidation sites excluding steroid dienone is 1. The zero-order chi connectivity index (χ0) is 20.7. The van der Waals surface area contributed by atoms with E-state index < -0.39 is 28.0 Å². The molecule has 1 aliphatic rings. The molecule has 9 heteroatoms. The Balaban J connectivity index is 2.00. The number of Topliss-reactive ketones (excluding diaryl/α,β-unsaturated/α-hetero) is 2. The predicted octanol–water partition coefficient (Wildman–Crippen LogP) is 2.80. The maximum atomic E-state index is 13.2. The van der Waals surface area contributed by atoms with Gasteiger partial charge in [0, 0.05) is 28.6 Å². The van der Waals surface area contributed by atoms with Gasteiger partial charge < -0.3 is 4.74 Å². The Kier molecular flexibility index (Phi) is 4.27. The van der Waals surface area contributed by atoms with Crippen LogP contribution < -0.4 is 0 Å². The molecule has 1 aliphatic carbocycles. The third kappa shape index (κ3) is 2.80. The van der Waals surface area contributed by atoms with E-state index in [0.29, 0.717) is 10.9 Å². The fourth-order valence-corrected chi connectivity index (χ4v) is 3.27. The summed E-state index contributed by atoms with van der Waals surface area (Å²) in [7, 11) is 0. The van der Waals surface area contributed by atoms with Gasteiger partial charge in [0.25, 0.3) is 5.69 Å². The van der Waals surface area contributed by atoms with Crippen LogP contribution in [0.5, 0.6) is 0 Å². The fourth-order valence-electron chi connectivity index (χ4n) is 3.27. The SMILES string of the molecule is CCOC(=O)C1=C(n2ncc3cc([N+](=O)[O-])ccc32)C(=O)c2ccccc2C1=O. The molecule has 0 fully saturated rings. The number of fused-ring (bicyclic) bond motifs is 2. The average Bonchev–Trinajstić information content (AvgIpc) is 3.13. The van der Waals surface area contributed by atoms with Crippen LogP contribution in [-0.2, 0) is 9.53 Å². The molecule has 0 bridgehead atoms. The first-order valence-electron chi connectivity index (χ1n) is 8.66. The molecular formula is C20H13N3O6. The molecule has 0 spiro atoms. The van der Waals surface area contributed by atoms with Crippen molar-refractivity contribution in [2.75, 3.05) is 6.61 Å². The van der Waals surface area contributed by atoms with E-state index >= 15 is 0 Å². The maximum Gasteiger partial charge on any atom is 0.344 e. The van der Waals surface area contributed by atoms with E-state index in [1.807, 2.05) is 0 Å². The van der Waals surface area contributed by atoms with Gasteiger partial charge in [-0.1, -0.05) is 24.3 Å². The number of carbonyl (C=O) groups excluding carboxylic acids is 3. The molecule has 1 heterocycles. The number of nitro benzene ring substituents is 1. The van der Waals surface area contributed by atoms with Gasteiger partial charge in [-0.3, -0.25) is 19.7 Å². The van der Waals surface area contributed by atoms with Crippen molar-refractivity contribution in [2.45, 2.75) is 6.92 Å². The fraction of sp³-hybridized carbons (Fsp3) is 0.100. The molecule has 0 saturated carbocycles. The Morgan fingerprint density at radius 3 is 2.48 bits per heavy atom. The van der Waals surface area contributed by atoms with E-state index in [1.165, 1.54) is 36.5 Å². The number of non-ortho nitro benzene ring substituents is 1. The standard InChI is InChI=1S/C20H13N3O6/c1-2-29-20(26)16-17(19(25)14-6-4-3-5-13(14)18(16)24)22-15-8-7-12(23(27)28)9-11(15)10-21-22/h3-10H,2H2,1H3. The van der Waals surface area contributed by atoms with Gasteiger partial charge in [0.2, 0.25) is 11.6 Å². The van der Waals surface area contributed by atoms with Crippen LogP contribution in [-0.4, -0.2) is 38.8 Å². The zero-order valence-electron chi connectivity index (χ0n) is 15.1. The minimum Gasteiger partial charge on any atom is -0.462 e. The minimum absolute atomic E-state index is 0.0186. The number of aromatic nitrogens is 2. The van der Waals surface area contributed by atoms with Crippen LogP contribution in [0, 0.1) is 10.1 Å². The van der Waals surface area contributed by atoms with Crippen LogP contribution in [0.4, 0.5) is 5.69 Å². The van der Waals surface area contributed by atoms with Gasteiger partial charge in [-0.15, -0.1) is 0 Å². The first kappa shape index (κ1) is 18.2. The number of nitro groups is 1. The lowest BCUT2D eigenvalue weighted by Crippen LogP contribution is -2.29. The number of ketones is 2. The van der Waals surface area contributed by atoms with Crippen LogP contribution >= 0.6 is 0 Å². The number of carbonyl (C=O) groups is 3. The number of esters is 1. The van der Waals surface area contributed by atoms with Crippen molar-refractivity contribution in [1.82, 2.24) is 9.78 Å². The van der Waals surface area contributed by atoms with Crippen molar-refractivity contribution in [1.29, 1.82) is 0 Å². The Labute approximate surface area is 163 Å². The van der Waals surface area contributed by atoms with Crippen molar-refractivity contribution < 1.29 is 24.0 Å². The number of benzene rings is 2. The largest absolute Gasteiger partial charge is 0.462 e. The highest BCUT2D eigenvalue weighted by Gasteiger charge is 2.38. The summed E-state index contributed by atoms with van der Waals surface area (Å²) in [6.07, 6.45) is 1.33. The third-order valence-electron chi connectivity index (χ3n) is 4.55. The third-order valence-corrected chi connectivity index (χ3v) is 4.55. The van der Waals surface area contributed by atoms with Crippen molar-refractivity contribution in [3.63, 3.8) is 0 Å². The molecule has 1 aromatic heterocycles. The smallest absolute Gasteiger partial charge is 0.344 e. The van der Waals surface area contributed by atoms with Crippen LogP contribution in [0.25, 0.3) is 16.6 Å². The summed E-state index contributed by atoms with van der Waals surface area (Å²) in [5.74, 6) is -2.13. The molecule has 0 unspecified atom stereocenters. The molecule has 0 saturated heterocycles. The molecule has 9 nitrogen and oxygen atoms in total. The highest BCUT2D eigenvalue weighted by Crippen LogP contribution is 2.32. The molecule has 3 aromatic rings. The average molecular weight is 391 g/mol. The lowest BCUT2D eigenvalue weighted by atomic mass is 9.87. The Hall–Kier alpha value is -4.14. The molecule has 0 radical (unpaired) electrons. The molecule has 2 aromatic carbocycles. The van der Waals surface area contributed by atoms with E-state index in [2.05, 4.69) is 5.10 Å². The monoisotopic (exact) mass is 391 g/mol. The summed E-state index contributed by atoms with van der Waals surface area (Å²) in [6, 6.07) is 10.1. The van der Waals surface area contributed by atoms with E-state index in [0.717, 1.165) is 4.68 Å². The first-order chi connectivity index (χ1) is 13.9. The van der Waals surface area contributed by atoms with Crippen LogP contribution in [0.2, 0.25) is 0 Å². The van der Waals surface area contributed by atoms with Gasteiger partial charge in [-0.05, 0) is 13.0 Å². The van der Waals surface area contributed by atoms with E-state index in [4.69, 9.17) is 4.74 Å². The molecule has 0 amide bonds. The molecule has 144 valence electrons. The van der Waals surface area contributed by atoms with Crippen LogP contribution in [0.3, 0.4) is 0 Å². The summed E-state index contributed by atoms with van der Waals surface area (Å²) in [4.78, 5) is 49.3. The van der Waals surface area contributed by atoms with Crippen LogP contribution in [0.15, 0.2) is 54.2 Å². The Bertz CT molecular complexity index is 1250. The highest BCUT2D eigenvalue weighted by atomic mass is 16.6. The van der Waals surface area contributed by atoms with Gasteiger partial charge >= 0.3 is 5.97 Å². The normalized spacial score (nSPS) is 13.6. The Morgan fingerprint density at radius 1 is 1.14 bits per heavy atom. The molecule has 0 N–H and O–H groups in total. The summed E-state index contributed by atoms with van der Waals surface area (Å²) in [5.41, 5.74) is -0.210. The lowest BCUT2D eigenvalue weighted by Gasteiger charge is -2.20. The second-order valence-corrected chi connectivity index (χ2v) is 6.20. The van der Waals surface area contributed by atoms with Crippen molar-refractivity contribution in [3.05, 3.63) is 75.5 Å². The lowest BCUT2D eigenvalue weighted by molar-refractivity contribution is -0.384. The number of hydrogen-bond donors (Lipinski definition) is 0. The molecule has 29 heavy (non-hydrogen) atoms. The highest BCUT2D eigenvalue weighted by molar-refractivity contribution is 6.44. The van der Waals surface area contributed by atoms with Gasteiger partial charge in [0.15, 0.2) is 0 Å². The number of ether oxygens (including phenoxy) is 1. The quantitative estimate of drug-likeness (QED) is 0.290. The summed E-state index contributed by atoms with van der Waals surface area (Å²) in [6.45, 7) is 1.61.